The number of oxazole rings is 1. The molecule has 3 rings (SSSR count). The highest BCUT2D eigenvalue weighted by Gasteiger charge is 2.12. The van der Waals surface area contributed by atoms with Gasteiger partial charge >= 0.3 is 6.03 Å². The van der Waals surface area contributed by atoms with Crippen LogP contribution >= 0.6 is 11.6 Å². The zero-order chi connectivity index (χ0) is 23.1. The molecule has 0 aliphatic heterocycles. The molecule has 3 aromatic rings. The molecule has 0 aliphatic rings. The van der Waals surface area contributed by atoms with Crippen LogP contribution in [0.3, 0.4) is 0 Å². The predicted molar refractivity (Wildman–Crippen MR) is 126 cm³/mol. The molecule has 2 aromatic carbocycles. The van der Waals surface area contributed by atoms with Crippen LogP contribution in [0.2, 0.25) is 5.02 Å². The van der Waals surface area contributed by atoms with Gasteiger partial charge in [0, 0.05) is 30.8 Å². The van der Waals surface area contributed by atoms with Gasteiger partial charge in [-0.25, -0.2) is 9.78 Å². The van der Waals surface area contributed by atoms with Gasteiger partial charge in [-0.3, -0.25) is 4.79 Å². The smallest absolute Gasteiger partial charge is 0.319 e. The zero-order valence-electron chi connectivity index (χ0n) is 18.4. The van der Waals surface area contributed by atoms with E-state index >= 15 is 0 Å². The molecule has 0 bridgehead atoms. The maximum atomic E-state index is 12.2. The Bertz CT molecular complexity index is 1080. The van der Waals surface area contributed by atoms with Crippen molar-refractivity contribution in [3.05, 3.63) is 70.6 Å². The first-order valence-electron chi connectivity index (χ1n) is 10.5. The van der Waals surface area contributed by atoms with Crippen LogP contribution in [-0.2, 0) is 6.42 Å². The largest absolute Gasteiger partial charge is 0.444 e. The summed E-state index contributed by atoms with van der Waals surface area (Å²) < 4.78 is 5.53. The van der Waals surface area contributed by atoms with E-state index in [1.54, 1.807) is 24.5 Å². The molecule has 0 fully saturated rings. The van der Waals surface area contributed by atoms with Crippen molar-refractivity contribution in [1.29, 1.82) is 0 Å². The van der Waals surface area contributed by atoms with E-state index in [1.165, 1.54) is 5.56 Å². The number of carbonyl (C=O) groups is 2. The average molecular weight is 455 g/mol. The normalized spacial score (nSPS) is 10.8. The van der Waals surface area contributed by atoms with E-state index < -0.39 is 0 Å². The second-order valence-corrected chi connectivity index (χ2v) is 8.35. The highest BCUT2D eigenvalue weighted by Crippen LogP contribution is 2.21. The molecular weight excluding hydrogens is 428 g/mol. The van der Waals surface area contributed by atoms with Gasteiger partial charge in [-0.1, -0.05) is 43.1 Å². The van der Waals surface area contributed by atoms with Crippen molar-refractivity contribution < 1.29 is 14.0 Å². The number of amides is 3. The molecule has 3 amide bonds. The van der Waals surface area contributed by atoms with Gasteiger partial charge in [-0.15, -0.1) is 0 Å². The van der Waals surface area contributed by atoms with Gasteiger partial charge in [0.1, 0.15) is 6.26 Å². The van der Waals surface area contributed by atoms with Gasteiger partial charge in [0.2, 0.25) is 5.89 Å². The van der Waals surface area contributed by atoms with Crippen LogP contribution in [0.25, 0.3) is 11.5 Å². The molecule has 32 heavy (non-hydrogen) atoms. The minimum Gasteiger partial charge on any atom is -0.444 e. The summed E-state index contributed by atoms with van der Waals surface area (Å²) in [6.07, 6.45) is 2.12. The summed E-state index contributed by atoms with van der Waals surface area (Å²) in [6, 6.07) is 12.3. The summed E-state index contributed by atoms with van der Waals surface area (Å²) in [6.45, 7) is 7.00. The number of hydrogen-bond donors (Lipinski definition) is 3. The summed E-state index contributed by atoms with van der Waals surface area (Å²) in [7, 11) is 0. The van der Waals surface area contributed by atoms with Crippen LogP contribution in [0.4, 0.5) is 10.5 Å². The molecule has 168 valence electrons. The molecule has 0 saturated heterocycles. The van der Waals surface area contributed by atoms with Crippen molar-refractivity contribution in [3.63, 3.8) is 0 Å². The summed E-state index contributed by atoms with van der Waals surface area (Å²) >= 11 is 6.22. The molecule has 0 radical (unpaired) electrons. The fourth-order valence-corrected chi connectivity index (χ4v) is 3.17. The van der Waals surface area contributed by atoms with Crippen LogP contribution in [-0.4, -0.2) is 30.0 Å². The van der Waals surface area contributed by atoms with E-state index in [-0.39, 0.29) is 17.0 Å². The summed E-state index contributed by atoms with van der Waals surface area (Å²) in [4.78, 5) is 28.8. The zero-order valence-corrected chi connectivity index (χ0v) is 19.1. The maximum Gasteiger partial charge on any atom is 0.319 e. The highest BCUT2D eigenvalue weighted by atomic mass is 35.5. The Morgan fingerprint density at radius 3 is 2.53 bits per heavy atom. The number of urea groups is 1. The van der Waals surface area contributed by atoms with Crippen LogP contribution in [0.5, 0.6) is 0 Å². The number of nitrogens with one attached hydrogen (secondary N) is 3. The molecule has 8 heteroatoms. The van der Waals surface area contributed by atoms with Crippen LogP contribution in [0, 0.1) is 12.8 Å². The minimum atomic E-state index is -0.375. The van der Waals surface area contributed by atoms with E-state index in [2.05, 4.69) is 20.9 Å². The number of nitrogens with zero attached hydrogens (tertiary/aromatic N) is 1. The molecule has 0 aliphatic carbocycles. The predicted octanol–water partition coefficient (Wildman–Crippen LogP) is 5.05. The molecule has 0 saturated carbocycles. The lowest BCUT2D eigenvalue weighted by Gasteiger charge is -2.11. The Balaban J connectivity index is 1.47. The van der Waals surface area contributed by atoms with Gasteiger partial charge in [0.05, 0.1) is 16.3 Å². The molecule has 3 N–H and O–H groups in total. The third-order valence-electron chi connectivity index (χ3n) is 4.66. The third kappa shape index (κ3) is 6.59. The molecule has 0 spiro atoms. The van der Waals surface area contributed by atoms with Crippen molar-refractivity contribution in [3.8, 4) is 11.5 Å². The fourth-order valence-electron chi connectivity index (χ4n) is 2.90. The molecule has 1 aromatic heterocycles. The lowest BCUT2D eigenvalue weighted by atomic mass is 10.1. The Labute approximate surface area is 192 Å². The number of anilines is 1. The fraction of sp³-hybridized carbons (Fsp3) is 0.292. The maximum absolute atomic E-state index is 12.2. The minimum absolute atomic E-state index is 0.239. The van der Waals surface area contributed by atoms with Crippen LogP contribution in [0.15, 0.2) is 53.1 Å². The first kappa shape index (κ1) is 23.3. The van der Waals surface area contributed by atoms with Gasteiger partial charge in [-0.05, 0) is 43.2 Å². The van der Waals surface area contributed by atoms with E-state index in [0.29, 0.717) is 42.6 Å². The molecular formula is C24H27ClN4O3. The lowest BCUT2D eigenvalue weighted by Crippen LogP contribution is -2.30. The number of benzene rings is 2. The number of aromatic nitrogens is 1. The average Bonchev–Trinajstić information content (AvgIpc) is 3.21. The van der Waals surface area contributed by atoms with Gasteiger partial charge in [0.25, 0.3) is 5.91 Å². The Kier molecular flexibility index (Phi) is 7.89. The lowest BCUT2D eigenvalue weighted by molar-refractivity contribution is 0.0949. The number of aryl methyl sites for hydroxylation is 1. The van der Waals surface area contributed by atoms with E-state index in [1.807, 2.05) is 45.0 Å². The molecule has 0 unspecified atom stereocenters. The summed E-state index contributed by atoms with van der Waals surface area (Å²) in [5, 5.41) is 8.58. The Morgan fingerprint density at radius 2 is 1.84 bits per heavy atom. The Hall–Kier alpha value is -3.32. The number of rotatable bonds is 8. The second-order valence-electron chi connectivity index (χ2n) is 7.94. The van der Waals surface area contributed by atoms with E-state index in [9.17, 15) is 9.59 Å². The summed E-state index contributed by atoms with van der Waals surface area (Å²) in [5.74, 6) is 0.655. The van der Waals surface area contributed by atoms with Crippen LogP contribution in [0.1, 0.15) is 35.5 Å². The molecule has 0 atom stereocenters. The first-order chi connectivity index (χ1) is 15.3. The highest BCUT2D eigenvalue weighted by molar-refractivity contribution is 6.34. The Morgan fingerprint density at radius 1 is 1.09 bits per heavy atom. The van der Waals surface area contributed by atoms with Crippen molar-refractivity contribution in [2.75, 3.05) is 18.4 Å². The van der Waals surface area contributed by atoms with E-state index in [4.69, 9.17) is 16.0 Å². The van der Waals surface area contributed by atoms with E-state index in [0.717, 1.165) is 11.3 Å². The molecule has 7 nitrogen and oxygen atoms in total. The van der Waals surface area contributed by atoms with Crippen molar-refractivity contribution in [1.82, 2.24) is 15.6 Å². The van der Waals surface area contributed by atoms with Crippen LogP contribution < -0.4 is 16.0 Å². The second kappa shape index (κ2) is 10.8. The first-order valence-corrected chi connectivity index (χ1v) is 10.8. The monoisotopic (exact) mass is 454 g/mol. The van der Waals surface area contributed by atoms with Gasteiger partial charge < -0.3 is 20.4 Å². The topological polar surface area (TPSA) is 96.3 Å². The molecule has 1 heterocycles. The standard InChI is InChI=1S/C24H27ClN4O3/c1-15(2)13-27-22(30)20-9-8-18(12-21(20)25)29-24(31)26-11-10-19-14-32-23(28-19)17-6-4-16(3)5-7-17/h4-9,12,14-15H,10-11,13H2,1-3H3,(H,27,30)(H2,26,29,31). The summed E-state index contributed by atoms with van der Waals surface area (Å²) in [5.41, 5.74) is 3.69. The quantitative estimate of drug-likeness (QED) is 0.443. The van der Waals surface area contributed by atoms with Crippen molar-refractivity contribution >= 4 is 29.2 Å². The van der Waals surface area contributed by atoms with Gasteiger partial charge in [0.15, 0.2) is 0 Å². The SMILES string of the molecule is Cc1ccc(-c2nc(CCNC(=O)Nc3ccc(C(=O)NCC(C)C)c(Cl)c3)co2)cc1. The number of halogens is 1. The third-order valence-corrected chi connectivity index (χ3v) is 4.97. The van der Waals surface area contributed by atoms with Gasteiger partial charge in [-0.2, -0.15) is 0 Å². The van der Waals surface area contributed by atoms with Crippen molar-refractivity contribution in [2.24, 2.45) is 5.92 Å². The number of carbonyl (C=O) groups excluding carboxylic acids is 2. The number of hydrogen-bond acceptors (Lipinski definition) is 4. The van der Waals surface area contributed by atoms with Crippen molar-refractivity contribution in [2.45, 2.75) is 27.2 Å².